The van der Waals surface area contributed by atoms with Gasteiger partial charge in [-0.05, 0) is 48.7 Å². The van der Waals surface area contributed by atoms with E-state index >= 15 is 0 Å². The number of ether oxygens (including phenoxy) is 1. The number of hydrogen-bond donors (Lipinski definition) is 1. The summed E-state index contributed by atoms with van der Waals surface area (Å²) in [7, 11) is 1.40. The van der Waals surface area contributed by atoms with E-state index < -0.39 is 5.82 Å². The third-order valence-corrected chi connectivity index (χ3v) is 4.81. The molecule has 0 aromatic heterocycles. The van der Waals surface area contributed by atoms with Gasteiger partial charge in [-0.25, -0.2) is 4.39 Å². The predicted molar refractivity (Wildman–Crippen MR) is 106 cm³/mol. The summed E-state index contributed by atoms with van der Waals surface area (Å²) in [6, 6.07) is 13.9. The SMILES string of the molecule is COc1ccc(C=CC(=O)N2CCC(C(=O)Nc3ccccc3)CC2)cc1F. The fourth-order valence-corrected chi connectivity index (χ4v) is 3.19. The van der Waals surface area contributed by atoms with Crippen molar-refractivity contribution in [1.29, 1.82) is 0 Å². The molecule has 0 saturated carbocycles. The van der Waals surface area contributed by atoms with Gasteiger partial charge in [-0.15, -0.1) is 0 Å². The van der Waals surface area contributed by atoms with Gasteiger partial charge in [0.15, 0.2) is 11.6 Å². The van der Waals surface area contributed by atoms with Crippen LogP contribution in [-0.4, -0.2) is 36.9 Å². The Labute approximate surface area is 163 Å². The van der Waals surface area contributed by atoms with Crippen molar-refractivity contribution in [3.8, 4) is 5.75 Å². The van der Waals surface area contributed by atoms with E-state index in [1.165, 1.54) is 25.3 Å². The van der Waals surface area contributed by atoms with Gasteiger partial charge in [0.25, 0.3) is 0 Å². The summed E-state index contributed by atoms with van der Waals surface area (Å²) in [6.45, 7) is 1.04. The number of carbonyl (C=O) groups is 2. The molecule has 0 radical (unpaired) electrons. The summed E-state index contributed by atoms with van der Waals surface area (Å²) in [5.41, 5.74) is 1.37. The zero-order valence-electron chi connectivity index (χ0n) is 15.7. The predicted octanol–water partition coefficient (Wildman–Crippen LogP) is 3.72. The Balaban J connectivity index is 1.50. The summed E-state index contributed by atoms with van der Waals surface area (Å²) in [6.07, 6.45) is 4.26. The van der Waals surface area contributed by atoms with E-state index in [-0.39, 0.29) is 23.5 Å². The van der Waals surface area contributed by atoms with Crippen LogP contribution in [0.15, 0.2) is 54.6 Å². The Morgan fingerprint density at radius 2 is 1.86 bits per heavy atom. The maximum absolute atomic E-state index is 13.7. The van der Waals surface area contributed by atoms with Gasteiger partial charge in [-0.1, -0.05) is 24.3 Å². The molecule has 28 heavy (non-hydrogen) atoms. The van der Waals surface area contributed by atoms with E-state index in [0.717, 1.165) is 5.69 Å². The van der Waals surface area contributed by atoms with E-state index in [1.54, 1.807) is 17.0 Å². The molecule has 2 aromatic rings. The quantitative estimate of drug-likeness (QED) is 0.802. The van der Waals surface area contributed by atoms with Gasteiger partial charge in [0.1, 0.15) is 0 Å². The Morgan fingerprint density at radius 1 is 1.14 bits per heavy atom. The zero-order valence-corrected chi connectivity index (χ0v) is 15.7. The van der Waals surface area contributed by atoms with E-state index in [9.17, 15) is 14.0 Å². The van der Waals surface area contributed by atoms with Gasteiger partial charge in [0.05, 0.1) is 7.11 Å². The number of piperidine rings is 1. The highest BCUT2D eigenvalue weighted by Gasteiger charge is 2.26. The van der Waals surface area contributed by atoms with Crippen molar-refractivity contribution in [1.82, 2.24) is 4.90 Å². The first kappa shape index (κ1) is 19.6. The third-order valence-electron chi connectivity index (χ3n) is 4.81. The van der Waals surface area contributed by atoms with Gasteiger partial charge in [0, 0.05) is 30.8 Å². The summed E-state index contributed by atoms with van der Waals surface area (Å²) in [5, 5.41) is 2.91. The van der Waals surface area contributed by atoms with Gasteiger partial charge in [-0.3, -0.25) is 9.59 Å². The number of amides is 2. The van der Waals surface area contributed by atoms with E-state index in [4.69, 9.17) is 4.74 Å². The van der Waals surface area contributed by atoms with Crippen LogP contribution in [0.1, 0.15) is 18.4 Å². The molecule has 1 saturated heterocycles. The Kier molecular flexibility index (Phi) is 6.42. The van der Waals surface area contributed by atoms with Crippen molar-refractivity contribution < 1.29 is 18.7 Å². The van der Waals surface area contributed by atoms with Crippen LogP contribution in [0.3, 0.4) is 0 Å². The maximum Gasteiger partial charge on any atom is 0.246 e. The topological polar surface area (TPSA) is 58.6 Å². The molecule has 3 rings (SSSR count). The van der Waals surface area contributed by atoms with Crippen LogP contribution in [0.2, 0.25) is 0 Å². The molecule has 2 aromatic carbocycles. The minimum atomic E-state index is -0.470. The lowest BCUT2D eigenvalue weighted by molar-refractivity contribution is -0.130. The molecule has 0 aliphatic carbocycles. The van der Waals surface area contributed by atoms with Crippen LogP contribution in [0.4, 0.5) is 10.1 Å². The highest BCUT2D eigenvalue weighted by molar-refractivity contribution is 5.94. The molecule has 1 heterocycles. The van der Waals surface area contributed by atoms with Crippen LogP contribution in [-0.2, 0) is 9.59 Å². The molecule has 1 aliphatic rings. The van der Waals surface area contributed by atoms with Crippen molar-refractivity contribution in [3.05, 3.63) is 66.0 Å². The van der Waals surface area contributed by atoms with Gasteiger partial charge in [0.2, 0.25) is 11.8 Å². The van der Waals surface area contributed by atoms with Crippen LogP contribution in [0.5, 0.6) is 5.75 Å². The molecule has 5 nitrogen and oxygen atoms in total. The van der Waals surface area contributed by atoms with Crippen LogP contribution >= 0.6 is 0 Å². The molecule has 1 fully saturated rings. The van der Waals surface area contributed by atoms with Gasteiger partial charge in [-0.2, -0.15) is 0 Å². The second kappa shape index (κ2) is 9.17. The number of likely N-dealkylation sites (tertiary alicyclic amines) is 1. The molecule has 0 atom stereocenters. The second-order valence-corrected chi connectivity index (χ2v) is 6.68. The lowest BCUT2D eigenvalue weighted by atomic mass is 9.95. The summed E-state index contributed by atoms with van der Waals surface area (Å²) in [4.78, 5) is 26.4. The van der Waals surface area contributed by atoms with E-state index in [1.807, 2.05) is 30.3 Å². The molecule has 146 valence electrons. The van der Waals surface area contributed by atoms with E-state index in [2.05, 4.69) is 5.32 Å². The number of benzene rings is 2. The molecule has 2 amide bonds. The lowest BCUT2D eigenvalue weighted by Gasteiger charge is -2.30. The maximum atomic E-state index is 13.7. The number of para-hydroxylation sites is 1. The van der Waals surface area contributed by atoms with Crippen molar-refractivity contribution >= 4 is 23.6 Å². The molecule has 1 N–H and O–H groups in total. The molecule has 0 spiro atoms. The number of rotatable bonds is 5. The van der Waals surface area contributed by atoms with Crippen molar-refractivity contribution in [2.24, 2.45) is 5.92 Å². The Morgan fingerprint density at radius 3 is 2.50 bits per heavy atom. The first-order valence-electron chi connectivity index (χ1n) is 9.23. The number of carbonyl (C=O) groups excluding carboxylic acids is 2. The summed E-state index contributed by atoms with van der Waals surface area (Å²) in [5.74, 6) is -0.564. The standard InChI is InChI=1S/C22H23FN2O3/c1-28-20-9-7-16(15-19(20)23)8-10-21(26)25-13-11-17(12-14-25)22(27)24-18-5-3-2-4-6-18/h2-10,15,17H,11-14H2,1H3,(H,24,27). The number of nitrogens with one attached hydrogen (secondary N) is 1. The summed E-state index contributed by atoms with van der Waals surface area (Å²) < 4.78 is 18.6. The third kappa shape index (κ3) is 4.97. The fourth-order valence-electron chi connectivity index (χ4n) is 3.19. The second-order valence-electron chi connectivity index (χ2n) is 6.68. The van der Waals surface area contributed by atoms with Gasteiger partial charge >= 0.3 is 0 Å². The zero-order chi connectivity index (χ0) is 19.9. The van der Waals surface area contributed by atoms with Crippen LogP contribution < -0.4 is 10.1 Å². The largest absolute Gasteiger partial charge is 0.494 e. The highest BCUT2D eigenvalue weighted by atomic mass is 19.1. The molecule has 6 heteroatoms. The van der Waals surface area contributed by atoms with Crippen molar-refractivity contribution in [3.63, 3.8) is 0 Å². The minimum absolute atomic E-state index is 0.0115. The lowest BCUT2D eigenvalue weighted by Crippen LogP contribution is -2.40. The Hall–Kier alpha value is -3.15. The normalized spacial score (nSPS) is 14.9. The molecular weight excluding hydrogens is 359 g/mol. The fraction of sp³-hybridized carbons (Fsp3) is 0.273. The molecule has 1 aliphatic heterocycles. The first-order valence-corrected chi connectivity index (χ1v) is 9.23. The summed E-state index contributed by atoms with van der Waals surface area (Å²) >= 11 is 0. The highest BCUT2D eigenvalue weighted by Crippen LogP contribution is 2.21. The Bertz CT molecular complexity index is 859. The smallest absolute Gasteiger partial charge is 0.246 e. The van der Waals surface area contributed by atoms with Gasteiger partial charge < -0.3 is 15.0 Å². The average Bonchev–Trinajstić information content (AvgIpc) is 2.73. The average molecular weight is 382 g/mol. The monoisotopic (exact) mass is 382 g/mol. The number of halogens is 1. The number of anilines is 1. The molecule has 0 unspecified atom stereocenters. The number of nitrogens with zero attached hydrogens (tertiary/aromatic N) is 1. The molecule has 0 bridgehead atoms. The number of hydrogen-bond acceptors (Lipinski definition) is 3. The van der Waals surface area contributed by atoms with Crippen LogP contribution in [0.25, 0.3) is 6.08 Å². The number of methoxy groups -OCH3 is 1. The van der Waals surface area contributed by atoms with Crippen LogP contribution in [0, 0.1) is 11.7 Å². The molecular formula is C22H23FN2O3. The van der Waals surface area contributed by atoms with Crippen molar-refractivity contribution in [2.45, 2.75) is 12.8 Å². The minimum Gasteiger partial charge on any atom is -0.494 e. The first-order chi connectivity index (χ1) is 13.6. The van der Waals surface area contributed by atoms with E-state index in [0.29, 0.717) is 31.5 Å². The van der Waals surface area contributed by atoms with Crippen molar-refractivity contribution in [2.75, 3.05) is 25.5 Å².